The van der Waals surface area contributed by atoms with Crippen LogP contribution in [0.1, 0.15) is 41.8 Å². The summed E-state index contributed by atoms with van der Waals surface area (Å²) in [7, 11) is 0. The number of hydrogen-bond acceptors (Lipinski definition) is 3. The Morgan fingerprint density at radius 1 is 0.761 bits per heavy atom. The number of nitrogen functional groups attached to an aromatic ring is 1. The Balaban J connectivity index is 1.65. The molecule has 7 heteroatoms. The molecule has 0 atom stereocenters. The van der Waals surface area contributed by atoms with E-state index in [0.717, 1.165) is 57.0 Å². The van der Waals surface area contributed by atoms with Gasteiger partial charge >= 0.3 is 0 Å². The van der Waals surface area contributed by atoms with E-state index in [4.69, 9.17) is 10.8 Å². The fraction of sp³-hybridized carbons (Fsp3) is 0.128. The number of benzene rings is 5. The molecule has 228 valence electrons. The predicted octanol–water partition coefficient (Wildman–Crippen LogP) is 9.06. The lowest BCUT2D eigenvalue weighted by Crippen LogP contribution is -2.32. The molecule has 2 heterocycles. The largest absolute Gasteiger partial charge is 0.369 e. The number of H-pyrrole nitrogens is 2. The second-order valence-electron chi connectivity index (χ2n) is 12.0. The second kappa shape index (κ2) is 11.7. The Morgan fingerprint density at radius 3 is 1.89 bits per heavy atom. The number of fused-ring (bicyclic) bond motifs is 1. The standard InChI is InChI=1S/C39H33F2N5/c1-24(2)20-26-21-25(22-33-35(26)44-38(42)43-33)34-36(31-19-18-30(40)23-32(31)41)45-46-37(34)39(27-12-6-3-7-13-27,28-14-8-4-9-15-28)29-16-10-5-11-17-29/h3-19,21-24H,20H2,1-2H3,(H,45,46)(H3,42,43,44). The molecule has 5 aromatic carbocycles. The number of nitrogens with one attached hydrogen (secondary N) is 2. The summed E-state index contributed by atoms with van der Waals surface area (Å²) >= 11 is 0. The summed E-state index contributed by atoms with van der Waals surface area (Å²) in [5.74, 6) is -0.689. The van der Waals surface area contributed by atoms with Gasteiger partial charge in [-0.3, -0.25) is 5.10 Å². The summed E-state index contributed by atoms with van der Waals surface area (Å²) in [5, 5.41) is 8.24. The zero-order valence-corrected chi connectivity index (χ0v) is 25.6. The number of aromatic amines is 2. The monoisotopic (exact) mass is 609 g/mol. The molecule has 0 saturated heterocycles. The van der Waals surface area contributed by atoms with E-state index in [1.807, 2.05) is 60.7 Å². The van der Waals surface area contributed by atoms with Crippen LogP contribution in [-0.2, 0) is 11.8 Å². The lowest BCUT2D eigenvalue weighted by atomic mass is 9.65. The molecular formula is C39H33F2N5. The van der Waals surface area contributed by atoms with Crippen LogP contribution in [0.2, 0.25) is 0 Å². The normalized spacial score (nSPS) is 11.8. The molecule has 4 N–H and O–H groups in total. The van der Waals surface area contributed by atoms with E-state index >= 15 is 4.39 Å². The molecule has 0 bridgehead atoms. The molecule has 7 aromatic rings. The molecule has 0 unspecified atom stereocenters. The molecule has 2 aromatic heterocycles. The number of aromatic nitrogens is 4. The first-order chi connectivity index (χ1) is 22.4. The average Bonchev–Trinajstić information content (AvgIpc) is 3.66. The minimum atomic E-state index is -0.902. The van der Waals surface area contributed by atoms with Crippen LogP contribution in [0, 0.1) is 17.6 Å². The highest BCUT2D eigenvalue weighted by Gasteiger charge is 2.43. The molecule has 7 rings (SSSR count). The summed E-state index contributed by atoms with van der Waals surface area (Å²) in [6.07, 6.45) is 0.753. The molecule has 0 fully saturated rings. The maximum absolute atomic E-state index is 15.7. The van der Waals surface area contributed by atoms with Gasteiger partial charge in [-0.15, -0.1) is 0 Å². The van der Waals surface area contributed by atoms with Gasteiger partial charge in [-0.2, -0.15) is 5.10 Å². The van der Waals surface area contributed by atoms with Crippen molar-refractivity contribution in [1.82, 2.24) is 20.2 Å². The molecule has 0 aliphatic rings. The van der Waals surface area contributed by atoms with Crippen molar-refractivity contribution in [3.63, 3.8) is 0 Å². The average molecular weight is 610 g/mol. The van der Waals surface area contributed by atoms with E-state index in [1.165, 1.54) is 12.1 Å². The number of imidazole rings is 1. The third-order valence-corrected chi connectivity index (χ3v) is 8.55. The van der Waals surface area contributed by atoms with Crippen LogP contribution in [0.25, 0.3) is 33.4 Å². The van der Waals surface area contributed by atoms with Crippen LogP contribution >= 0.6 is 0 Å². The lowest BCUT2D eigenvalue weighted by Gasteiger charge is -2.36. The van der Waals surface area contributed by atoms with Crippen molar-refractivity contribution in [2.75, 3.05) is 5.73 Å². The van der Waals surface area contributed by atoms with Crippen molar-refractivity contribution < 1.29 is 8.78 Å². The number of anilines is 1. The van der Waals surface area contributed by atoms with Gasteiger partial charge in [0.2, 0.25) is 0 Å². The van der Waals surface area contributed by atoms with E-state index in [9.17, 15) is 4.39 Å². The van der Waals surface area contributed by atoms with Gasteiger partial charge in [-0.1, -0.05) is 105 Å². The molecule has 46 heavy (non-hydrogen) atoms. The van der Waals surface area contributed by atoms with Gasteiger partial charge in [0.1, 0.15) is 17.3 Å². The van der Waals surface area contributed by atoms with Crippen molar-refractivity contribution in [3.8, 4) is 22.4 Å². The molecule has 0 aliphatic heterocycles. The minimum absolute atomic E-state index is 0.191. The lowest BCUT2D eigenvalue weighted by molar-refractivity contribution is 0.585. The molecule has 0 amide bonds. The summed E-state index contributed by atoms with van der Waals surface area (Å²) in [6, 6.07) is 38.4. The minimum Gasteiger partial charge on any atom is -0.369 e. The highest BCUT2D eigenvalue weighted by atomic mass is 19.1. The first-order valence-electron chi connectivity index (χ1n) is 15.4. The van der Waals surface area contributed by atoms with Crippen LogP contribution in [0.15, 0.2) is 121 Å². The van der Waals surface area contributed by atoms with Crippen LogP contribution < -0.4 is 5.73 Å². The molecule has 5 nitrogen and oxygen atoms in total. The maximum Gasteiger partial charge on any atom is 0.198 e. The fourth-order valence-corrected chi connectivity index (χ4v) is 6.72. The first kappa shape index (κ1) is 29.2. The van der Waals surface area contributed by atoms with Crippen molar-refractivity contribution in [1.29, 1.82) is 0 Å². The van der Waals surface area contributed by atoms with E-state index in [0.29, 0.717) is 23.1 Å². The Labute approximate surface area is 266 Å². The summed E-state index contributed by atoms with van der Waals surface area (Å²) in [6.45, 7) is 4.31. The smallest absolute Gasteiger partial charge is 0.198 e. The number of halogens is 2. The second-order valence-corrected chi connectivity index (χ2v) is 12.0. The summed E-state index contributed by atoms with van der Waals surface area (Å²) < 4.78 is 29.9. The Kier molecular flexibility index (Phi) is 7.45. The number of nitrogens with two attached hydrogens (primary N) is 1. The van der Waals surface area contributed by atoms with Gasteiger partial charge in [0.25, 0.3) is 0 Å². The highest BCUT2D eigenvalue weighted by Crippen LogP contribution is 2.50. The Morgan fingerprint density at radius 2 is 1.35 bits per heavy atom. The number of nitrogens with zero attached hydrogens (tertiary/aromatic N) is 2. The first-order valence-corrected chi connectivity index (χ1v) is 15.4. The van der Waals surface area contributed by atoms with Gasteiger partial charge in [0, 0.05) is 17.2 Å². The molecule has 0 aliphatic carbocycles. The zero-order chi connectivity index (χ0) is 31.8. The molecular weight excluding hydrogens is 576 g/mol. The van der Waals surface area contributed by atoms with E-state index in [2.05, 4.69) is 71.4 Å². The fourth-order valence-electron chi connectivity index (χ4n) is 6.72. The highest BCUT2D eigenvalue weighted by molar-refractivity contribution is 5.92. The Hall–Kier alpha value is -5.56. The third kappa shape index (κ3) is 4.94. The van der Waals surface area contributed by atoms with Gasteiger partial charge in [0.15, 0.2) is 5.95 Å². The van der Waals surface area contributed by atoms with Crippen LogP contribution in [0.5, 0.6) is 0 Å². The van der Waals surface area contributed by atoms with Crippen LogP contribution in [-0.4, -0.2) is 20.2 Å². The quantitative estimate of drug-likeness (QED) is 0.150. The van der Waals surface area contributed by atoms with Gasteiger partial charge in [-0.25, -0.2) is 13.8 Å². The summed E-state index contributed by atoms with van der Waals surface area (Å²) in [5.41, 5.74) is 13.7. The van der Waals surface area contributed by atoms with E-state index in [-0.39, 0.29) is 5.56 Å². The topological polar surface area (TPSA) is 83.4 Å². The van der Waals surface area contributed by atoms with Crippen LogP contribution in [0.3, 0.4) is 0 Å². The van der Waals surface area contributed by atoms with Crippen molar-refractivity contribution >= 4 is 17.0 Å². The van der Waals surface area contributed by atoms with Gasteiger partial charge in [-0.05, 0) is 64.4 Å². The maximum atomic E-state index is 15.7. The number of rotatable bonds is 8. The predicted molar refractivity (Wildman–Crippen MR) is 180 cm³/mol. The van der Waals surface area contributed by atoms with Crippen molar-refractivity contribution in [2.45, 2.75) is 25.7 Å². The number of hydrogen-bond donors (Lipinski definition) is 3. The molecule has 0 radical (unpaired) electrons. The van der Waals surface area contributed by atoms with Crippen LogP contribution in [0.4, 0.5) is 14.7 Å². The van der Waals surface area contributed by atoms with Gasteiger partial charge in [0.05, 0.1) is 22.1 Å². The zero-order valence-electron chi connectivity index (χ0n) is 25.6. The van der Waals surface area contributed by atoms with Gasteiger partial charge < -0.3 is 10.7 Å². The molecule has 0 spiro atoms. The summed E-state index contributed by atoms with van der Waals surface area (Å²) in [4.78, 5) is 7.82. The van der Waals surface area contributed by atoms with E-state index in [1.54, 1.807) is 0 Å². The van der Waals surface area contributed by atoms with Crippen molar-refractivity contribution in [3.05, 3.63) is 161 Å². The van der Waals surface area contributed by atoms with E-state index < -0.39 is 17.0 Å². The van der Waals surface area contributed by atoms with Crippen molar-refractivity contribution in [2.24, 2.45) is 5.92 Å². The Bertz CT molecular complexity index is 2040. The SMILES string of the molecule is CC(C)Cc1cc(-c2c(-c3ccc(F)cc3F)n[nH]c2C(c2ccccc2)(c2ccccc2)c2ccccc2)cc2[nH]c(N)nc12. The molecule has 0 saturated carbocycles. The third-order valence-electron chi connectivity index (χ3n) is 8.55.